The Morgan fingerprint density at radius 3 is 2.10 bits per heavy atom. The number of halogens is 1. The van der Waals surface area contributed by atoms with Gasteiger partial charge in [-0.25, -0.2) is 9.59 Å². The summed E-state index contributed by atoms with van der Waals surface area (Å²) in [7, 11) is 2.52. The van der Waals surface area contributed by atoms with E-state index in [-0.39, 0.29) is 29.6 Å². The monoisotopic (exact) mass is 688 g/mol. The minimum Gasteiger partial charge on any atom is -0.485 e. The van der Waals surface area contributed by atoms with E-state index in [0.29, 0.717) is 28.7 Å². The number of carbonyl (C=O) groups is 2. The third-order valence-corrected chi connectivity index (χ3v) is 8.04. The fourth-order valence-corrected chi connectivity index (χ4v) is 5.30. The van der Waals surface area contributed by atoms with Crippen LogP contribution >= 0.6 is 11.6 Å². The molecule has 8 heteroatoms. The van der Waals surface area contributed by atoms with Crippen LogP contribution in [0.4, 0.5) is 0 Å². The van der Waals surface area contributed by atoms with Gasteiger partial charge >= 0.3 is 11.9 Å². The van der Waals surface area contributed by atoms with Gasteiger partial charge in [0.05, 0.1) is 19.8 Å². The highest BCUT2D eigenvalue weighted by atomic mass is 35.5. The largest absolute Gasteiger partial charge is 0.485 e. The Balaban J connectivity index is 1.86. The molecule has 0 amide bonds. The molecule has 0 radical (unpaired) electrons. The number of hydrogen-bond acceptors (Lipinski definition) is 7. The van der Waals surface area contributed by atoms with Crippen LogP contribution in [0.25, 0.3) is 0 Å². The summed E-state index contributed by atoms with van der Waals surface area (Å²) >= 11 is 6.11. The number of hydrogen-bond donors (Lipinski definition) is 0. The van der Waals surface area contributed by atoms with Gasteiger partial charge in [0.15, 0.2) is 11.5 Å². The second-order valence-corrected chi connectivity index (χ2v) is 12.5. The van der Waals surface area contributed by atoms with E-state index >= 15 is 0 Å². The first-order chi connectivity index (χ1) is 23.6. The fourth-order valence-electron chi connectivity index (χ4n) is 5.12. The lowest BCUT2D eigenvalue weighted by atomic mass is 10.0. The number of allylic oxidation sites excluding steroid dienone is 5. The maximum absolute atomic E-state index is 13.1. The fraction of sp³-hybridized carbons (Fsp3) is 0.366. The molecule has 49 heavy (non-hydrogen) atoms. The molecule has 0 aromatic heterocycles. The summed E-state index contributed by atoms with van der Waals surface area (Å²) in [6.45, 7) is 10.7. The van der Waals surface area contributed by atoms with Crippen molar-refractivity contribution in [1.82, 2.24) is 0 Å². The van der Waals surface area contributed by atoms with Gasteiger partial charge in [-0.3, -0.25) is 0 Å². The SMILES string of the molecule is CCCC(Oc1ccc(C(=O)OC)c(C(=O)OC)c1OCC=C(C)CCC=C(C)CCC=C(C)C)c1ccc(Oc2cccc(Cl)c2)cc1. The van der Waals surface area contributed by atoms with Crippen molar-refractivity contribution in [1.29, 1.82) is 0 Å². The van der Waals surface area contributed by atoms with Crippen LogP contribution in [0, 0.1) is 0 Å². The maximum atomic E-state index is 13.1. The number of carbonyl (C=O) groups excluding carboxylic acids is 2. The van der Waals surface area contributed by atoms with Crippen LogP contribution in [0.5, 0.6) is 23.0 Å². The lowest BCUT2D eigenvalue weighted by Crippen LogP contribution is -2.16. The predicted octanol–water partition coefficient (Wildman–Crippen LogP) is 11.4. The van der Waals surface area contributed by atoms with Gasteiger partial charge in [-0.2, -0.15) is 0 Å². The molecule has 0 N–H and O–H groups in total. The molecule has 1 unspecified atom stereocenters. The van der Waals surface area contributed by atoms with Gasteiger partial charge in [0, 0.05) is 5.02 Å². The molecule has 0 aliphatic heterocycles. The smallest absolute Gasteiger partial charge is 0.342 e. The lowest BCUT2D eigenvalue weighted by Gasteiger charge is -2.23. The third-order valence-electron chi connectivity index (χ3n) is 7.80. The molecule has 0 aliphatic rings. The molecule has 3 rings (SSSR count). The minimum absolute atomic E-state index is 0.0284. The van der Waals surface area contributed by atoms with Gasteiger partial charge in [-0.15, -0.1) is 0 Å². The Morgan fingerprint density at radius 1 is 0.796 bits per heavy atom. The Labute approximate surface area is 296 Å². The number of methoxy groups -OCH3 is 2. The molecular formula is C41H49ClO7. The zero-order valence-electron chi connectivity index (χ0n) is 29.8. The summed E-state index contributed by atoms with van der Waals surface area (Å²) in [6.07, 6.45) is 11.5. The standard InChI is InChI=1S/C41H49ClO7/c1-8-12-36(31-19-21-33(22-20-31)48-34-18-11-17-32(42)27-34)49-37-24-23-35(40(43)45-6)38(41(44)46-7)39(37)47-26-25-30(5)16-10-15-29(4)14-9-13-28(2)3/h11,13,15,17-25,27,36H,8-10,12,14,16,26H2,1-7H3. The van der Waals surface area contributed by atoms with Crippen LogP contribution in [0.3, 0.4) is 0 Å². The molecule has 262 valence electrons. The molecule has 0 saturated heterocycles. The molecule has 0 spiro atoms. The highest BCUT2D eigenvalue weighted by Crippen LogP contribution is 2.39. The van der Waals surface area contributed by atoms with Crippen molar-refractivity contribution in [2.75, 3.05) is 20.8 Å². The average molecular weight is 689 g/mol. The van der Waals surface area contributed by atoms with Gasteiger partial charge in [0.1, 0.15) is 29.8 Å². The van der Waals surface area contributed by atoms with Gasteiger partial charge in [-0.05, 0) is 114 Å². The summed E-state index contributed by atoms with van der Waals surface area (Å²) in [5.74, 6) is 0.302. The summed E-state index contributed by atoms with van der Waals surface area (Å²) < 4.78 is 28.8. The Kier molecular flexibility index (Phi) is 16.0. The molecule has 1 atom stereocenters. The molecule has 0 heterocycles. The molecule has 0 fully saturated rings. The van der Waals surface area contributed by atoms with E-state index in [9.17, 15) is 9.59 Å². The molecule has 3 aromatic rings. The van der Waals surface area contributed by atoms with Crippen LogP contribution in [-0.2, 0) is 9.47 Å². The Hall–Kier alpha value is -4.49. The minimum atomic E-state index is -0.732. The maximum Gasteiger partial charge on any atom is 0.342 e. The first-order valence-electron chi connectivity index (χ1n) is 16.7. The highest BCUT2D eigenvalue weighted by Gasteiger charge is 2.28. The first-order valence-corrected chi connectivity index (χ1v) is 17.0. The zero-order chi connectivity index (χ0) is 35.8. The van der Waals surface area contributed by atoms with Crippen LogP contribution < -0.4 is 14.2 Å². The third kappa shape index (κ3) is 12.5. The van der Waals surface area contributed by atoms with Crippen LogP contribution in [-0.4, -0.2) is 32.8 Å². The van der Waals surface area contributed by atoms with Crippen molar-refractivity contribution in [3.8, 4) is 23.0 Å². The highest BCUT2D eigenvalue weighted by molar-refractivity contribution is 6.30. The average Bonchev–Trinajstić information content (AvgIpc) is 3.08. The normalized spacial score (nSPS) is 12.2. The van der Waals surface area contributed by atoms with E-state index in [4.69, 9.17) is 35.3 Å². The molecule has 0 saturated carbocycles. The summed E-state index contributed by atoms with van der Waals surface area (Å²) in [5, 5.41) is 0.590. The van der Waals surface area contributed by atoms with E-state index < -0.39 is 11.9 Å². The quantitative estimate of drug-likeness (QED) is 0.0971. The van der Waals surface area contributed by atoms with Crippen molar-refractivity contribution in [3.05, 3.63) is 117 Å². The summed E-state index contributed by atoms with van der Waals surface area (Å²) in [6, 6.07) is 18.0. The van der Waals surface area contributed by atoms with Crippen molar-refractivity contribution >= 4 is 23.5 Å². The number of benzene rings is 3. The number of rotatable bonds is 18. The molecule has 0 aliphatic carbocycles. The van der Waals surface area contributed by atoms with E-state index in [1.54, 1.807) is 18.2 Å². The lowest BCUT2D eigenvalue weighted by molar-refractivity contribution is 0.0550. The van der Waals surface area contributed by atoms with E-state index in [1.165, 1.54) is 31.4 Å². The zero-order valence-corrected chi connectivity index (χ0v) is 30.5. The van der Waals surface area contributed by atoms with Gasteiger partial charge < -0.3 is 23.7 Å². The second kappa shape index (κ2) is 20.1. The van der Waals surface area contributed by atoms with Crippen molar-refractivity contribution in [2.45, 2.75) is 79.2 Å². The van der Waals surface area contributed by atoms with Crippen molar-refractivity contribution < 1.29 is 33.3 Å². The van der Waals surface area contributed by atoms with Gasteiger partial charge in [0.2, 0.25) is 0 Å². The van der Waals surface area contributed by atoms with Crippen LogP contribution in [0.2, 0.25) is 5.02 Å². The first kappa shape index (κ1) is 39.0. The van der Waals surface area contributed by atoms with Crippen LogP contribution in [0.1, 0.15) is 106 Å². The topological polar surface area (TPSA) is 80.3 Å². The summed E-state index contributed by atoms with van der Waals surface area (Å²) in [4.78, 5) is 25.9. The van der Waals surface area contributed by atoms with Gasteiger partial charge in [0.25, 0.3) is 0 Å². The Morgan fingerprint density at radius 2 is 1.47 bits per heavy atom. The predicted molar refractivity (Wildman–Crippen MR) is 196 cm³/mol. The number of ether oxygens (including phenoxy) is 5. The summed E-state index contributed by atoms with van der Waals surface area (Å²) in [5.41, 5.74) is 4.74. The molecular weight excluding hydrogens is 640 g/mol. The molecule has 3 aromatic carbocycles. The van der Waals surface area contributed by atoms with Crippen molar-refractivity contribution in [3.63, 3.8) is 0 Å². The van der Waals surface area contributed by atoms with Crippen molar-refractivity contribution in [2.24, 2.45) is 0 Å². The van der Waals surface area contributed by atoms with E-state index in [2.05, 4.69) is 46.8 Å². The molecule has 0 bridgehead atoms. The van der Waals surface area contributed by atoms with Crippen LogP contribution in [0.15, 0.2) is 95.6 Å². The van der Waals surface area contributed by atoms with E-state index in [1.807, 2.05) is 42.5 Å². The molecule has 7 nitrogen and oxygen atoms in total. The number of esters is 2. The second-order valence-electron chi connectivity index (χ2n) is 12.1. The Bertz CT molecular complexity index is 1630. The van der Waals surface area contributed by atoms with Gasteiger partial charge in [-0.1, -0.05) is 72.0 Å². The van der Waals surface area contributed by atoms with E-state index in [0.717, 1.165) is 43.2 Å².